The zero-order chi connectivity index (χ0) is 19.3. The van der Waals surface area contributed by atoms with Crippen molar-refractivity contribution in [3.05, 3.63) is 64.8 Å². The van der Waals surface area contributed by atoms with Crippen LogP contribution < -0.4 is 10.6 Å². The minimum Gasteiger partial charge on any atom is -0.360 e. The number of hydrogen-bond donors (Lipinski definition) is 3. The lowest BCUT2D eigenvalue weighted by Gasteiger charge is -2.08. The fourth-order valence-corrected chi connectivity index (χ4v) is 2.60. The first-order valence-electron chi connectivity index (χ1n) is 7.22. The largest absolute Gasteiger partial charge is 0.360 e. The zero-order valence-electron chi connectivity index (χ0n) is 13.5. The Labute approximate surface area is 155 Å². The number of anilines is 2. The molecule has 0 spiro atoms. The van der Waals surface area contributed by atoms with E-state index >= 15 is 0 Å². The van der Waals surface area contributed by atoms with Crippen LogP contribution in [0.2, 0.25) is 5.02 Å². The van der Waals surface area contributed by atoms with Crippen molar-refractivity contribution in [2.24, 2.45) is 0 Å². The van der Waals surface area contributed by atoms with Crippen LogP contribution in [0.4, 0.5) is 11.4 Å². The quantitative estimate of drug-likeness (QED) is 0.408. The molecule has 0 unspecified atom stereocenters. The number of hydrogen-bond acceptors (Lipinski definition) is 5. The van der Waals surface area contributed by atoms with Gasteiger partial charge in [-0.2, -0.15) is 13.7 Å². The maximum Gasteiger partial charge on any atom is 0.294 e. The van der Waals surface area contributed by atoms with Gasteiger partial charge in [0.1, 0.15) is 11.6 Å². The van der Waals surface area contributed by atoms with Gasteiger partial charge in [0, 0.05) is 22.6 Å². The third-order valence-corrected chi connectivity index (χ3v) is 4.45. The standard InChI is InChI=1S/C17H14ClN3O4S/c1-11-2-3-13(18)8-16(11)21-17(22)12(9-19)10-20-14-4-6-15(7-5-14)26(23,24)25/h2-8,10,20H,1H3,(H,21,22)(H,23,24,25)/b12-10-. The lowest BCUT2D eigenvalue weighted by molar-refractivity contribution is -0.112. The van der Waals surface area contributed by atoms with Crippen molar-refractivity contribution in [3.63, 3.8) is 0 Å². The first kappa shape index (κ1) is 19.5. The molecular formula is C17H14ClN3O4S. The van der Waals surface area contributed by atoms with Crippen LogP contribution in [0.25, 0.3) is 0 Å². The van der Waals surface area contributed by atoms with Crippen molar-refractivity contribution < 1.29 is 17.8 Å². The normalized spacial score (nSPS) is 11.5. The van der Waals surface area contributed by atoms with Gasteiger partial charge in [-0.1, -0.05) is 17.7 Å². The number of nitrogens with one attached hydrogen (secondary N) is 2. The fourth-order valence-electron chi connectivity index (χ4n) is 1.95. The second kappa shape index (κ2) is 8.01. The minimum atomic E-state index is -4.28. The molecule has 2 rings (SSSR count). The number of nitriles is 1. The van der Waals surface area contributed by atoms with E-state index in [2.05, 4.69) is 10.6 Å². The number of carbonyl (C=O) groups is 1. The molecule has 0 bridgehead atoms. The van der Waals surface area contributed by atoms with Crippen LogP contribution in [0.1, 0.15) is 5.56 Å². The number of aryl methyl sites for hydroxylation is 1. The number of carbonyl (C=O) groups excluding carboxylic acids is 1. The Kier molecular flexibility index (Phi) is 6.00. The Morgan fingerprint density at radius 1 is 1.23 bits per heavy atom. The first-order valence-corrected chi connectivity index (χ1v) is 9.04. The molecule has 0 aliphatic rings. The Morgan fingerprint density at radius 2 is 1.88 bits per heavy atom. The summed E-state index contributed by atoms with van der Waals surface area (Å²) < 4.78 is 30.9. The number of rotatable bonds is 5. The molecule has 0 heterocycles. The molecule has 3 N–H and O–H groups in total. The highest BCUT2D eigenvalue weighted by Crippen LogP contribution is 2.21. The fraction of sp³-hybridized carbons (Fsp3) is 0.0588. The summed E-state index contributed by atoms with van der Waals surface area (Å²) in [5.74, 6) is -0.625. The highest BCUT2D eigenvalue weighted by atomic mass is 35.5. The zero-order valence-corrected chi connectivity index (χ0v) is 15.1. The lowest BCUT2D eigenvalue weighted by atomic mass is 10.2. The van der Waals surface area contributed by atoms with Gasteiger partial charge >= 0.3 is 0 Å². The highest BCUT2D eigenvalue weighted by Gasteiger charge is 2.12. The van der Waals surface area contributed by atoms with E-state index in [1.54, 1.807) is 31.2 Å². The molecule has 9 heteroatoms. The monoisotopic (exact) mass is 391 g/mol. The van der Waals surface area contributed by atoms with Crippen molar-refractivity contribution in [1.29, 1.82) is 5.26 Å². The van der Waals surface area contributed by atoms with Crippen LogP contribution in [0.15, 0.2) is 59.1 Å². The van der Waals surface area contributed by atoms with Gasteiger partial charge in [-0.05, 0) is 48.9 Å². The topological polar surface area (TPSA) is 119 Å². The van der Waals surface area contributed by atoms with Crippen molar-refractivity contribution in [1.82, 2.24) is 0 Å². The second-order valence-electron chi connectivity index (χ2n) is 5.23. The molecule has 7 nitrogen and oxygen atoms in total. The van der Waals surface area contributed by atoms with Crippen LogP contribution >= 0.6 is 11.6 Å². The summed E-state index contributed by atoms with van der Waals surface area (Å²) in [4.78, 5) is 12.0. The number of halogens is 1. The smallest absolute Gasteiger partial charge is 0.294 e. The van der Waals surface area contributed by atoms with E-state index in [1.165, 1.54) is 30.5 Å². The molecule has 0 saturated carbocycles. The molecule has 1 amide bonds. The predicted octanol–water partition coefficient (Wildman–Crippen LogP) is 3.35. The number of amides is 1. The molecule has 2 aromatic carbocycles. The highest BCUT2D eigenvalue weighted by molar-refractivity contribution is 7.85. The van der Waals surface area contributed by atoms with Gasteiger partial charge in [-0.15, -0.1) is 0 Å². The lowest BCUT2D eigenvalue weighted by Crippen LogP contribution is -2.15. The van der Waals surface area contributed by atoms with Gasteiger partial charge in [-0.3, -0.25) is 9.35 Å². The van der Waals surface area contributed by atoms with E-state index in [1.807, 2.05) is 0 Å². The number of nitrogens with zero attached hydrogens (tertiary/aromatic N) is 1. The van der Waals surface area contributed by atoms with E-state index in [0.29, 0.717) is 16.4 Å². The van der Waals surface area contributed by atoms with Gasteiger partial charge in [0.15, 0.2) is 0 Å². The summed E-state index contributed by atoms with van der Waals surface area (Å²) in [6, 6.07) is 11.9. The van der Waals surface area contributed by atoms with E-state index in [9.17, 15) is 13.2 Å². The van der Waals surface area contributed by atoms with Crippen LogP contribution in [0, 0.1) is 18.3 Å². The minimum absolute atomic E-state index is 0.191. The van der Waals surface area contributed by atoms with Crippen molar-refractivity contribution in [2.75, 3.05) is 10.6 Å². The summed E-state index contributed by atoms with van der Waals surface area (Å²) in [6.07, 6.45) is 1.19. The van der Waals surface area contributed by atoms with E-state index in [0.717, 1.165) is 5.56 Å². The molecule has 0 aliphatic heterocycles. The Bertz CT molecular complexity index is 1010. The van der Waals surface area contributed by atoms with E-state index in [-0.39, 0.29) is 10.5 Å². The molecule has 0 fully saturated rings. The van der Waals surface area contributed by atoms with Crippen molar-refractivity contribution >= 4 is 39.0 Å². The average molecular weight is 392 g/mol. The Balaban J connectivity index is 2.13. The summed E-state index contributed by atoms with van der Waals surface area (Å²) in [6.45, 7) is 1.79. The van der Waals surface area contributed by atoms with Crippen LogP contribution in [0.3, 0.4) is 0 Å². The van der Waals surface area contributed by atoms with Crippen LogP contribution in [-0.2, 0) is 14.9 Å². The average Bonchev–Trinajstić information content (AvgIpc) is 2.58. The van der Waals surface area contributed by atoms with Gasteiger partial charge < -0.3 is 10.6 Å². The van der Waals surface area contributed by atoms with Crippen LogP contribution in [0.5, 0.6) is 0 Å². The Morgan fingerprint density at radius 3 is 2.46 bits per heavy atom. The molecule has 2 aromatic rings. The summed E-state index contributed by atoms with van der Waals surface area (Å²) in [5, 5.41) is 14.9. The molecule has 0 radical (unpaired) electrons. The molecule has 0 aliphatic carbocycles. The van der Waals surface area contributed by atoms with Crippen LogP contribution in [-0.4, -0.2) is 18.9 Å². The molecule has 0 aromatic heterocycles. The van der Waals surface area contributed by atoms with E-state index in [4.69, 9.17) is 21.4 Å². The van der Waals surface area contributed by atoms with Gasteiger partial charge in [-0.25, -0.2) is 0 Å². The molecule has 0 atom stereocenters. The van der Waals surface area contributed by atoms with Gasteiger partial charge in [0.2, 0.25) is 0 Å². The second-order valence-corrected chi connectivity index (χ2v) is 7.08. The SMILES string of the molecule is Cc1ccc(Cl)cc1NC(=O)/C(C#N)=C\Nc1ccc(S(=O)(=O)O)cc1. The maximum absolute atomic E-state index is 12.2. The van der Waals surface area contributed by atoms with Gasteiger partial charge in [0.05, 0.1) is 4.90 Å². The summed E-state index contributed by atoms with van der Waals surface area (Å²) >= 11 is 5.90. The molecular weight excluding hydrogens is 378 g/mol. The third-order valence-electron chi connectivity index (χ3n) is 3.35. The third kappa shape index (κ3) is 5.07. The number of benzene rings is 2. The molecule has 134 valence electrons. The molecule has 0 saturated heterocycles. The molecule has 26 heavy (non-hydrogen) atoms. The summed E-state index contributed by atoms with van der Waals surface area (Å²) in [7, 11) is -4.28. The summed E-state index contributed by atoms with van der Waals surface area (Å²) in [5.41, 5.74) is 1.51. The van der Waals surface area contributed by atoms with E-state index < -0.39 is 16.0 Å². The van der Waals surface area contributed by atoms with Gasteiger partial charge in [0.25, 0.3) is 16.0 Å². The first-order chi connectivity index (χ1) is 12.2. The Hall–Kier alpha value is -2.86. The van der Waals surface area contributed by atoms with Crippen molar-refractivity contribution in [2.45, 2.75) is 11.8 Å². The maximum atomic E-state index is 12.2. The van der Waals surface area contributed by atoms with Crippen molar-refractivity contribution in [3.8, 4) is 6.07 Å². The predicted molar refractivity (Wildman–Crippen MR) is 98.4 cm³/mol.